The number of hydrogen-bond donors (Lipinski definition) is 0. The van der Waals surface area contributed by atoms with Crippen LogP contribution in [0.3, 0.4) is 0 Å². The van der Waals surface area contributed by atoms with Crippen molar-refractivity contribution in [2.75, 3.05) is 12.0 Å². The summed E-state index contributed by atoms with van der Waals surface area (Å²) in [4.78, 5) is 18.0. The number of sulfone groups is 1. The maximum Gasteiger partial charge on any atom is 0.162 e. The van der Waals surface area contributed by atoms with Gasteiger partial charge in [0.25, 0.3) is 0 Å². The molecule has 3 heterocycles. The van der Waals surface area contributed by atoms with Gasteiger partial charge in [0, 0.05) is 31.3 Å². The molecule has 6 rings (SSSR count). The highest BCUT2D eigenvalue weighted by atomic mass is 32.2. The van der Waals surface area contributed by atoms with Crippen LogP contribution in [0.15, 0.2) is 48.9 Å². The van der Waals surface area contributed by atoms with Crippen LogP contribution in [-0.2, 0) is 21.7 Å². The predicted molar refractivity (Wildman–Crippen MR) is 140 cm³/mol. The third-order valence-electron chi connectivity index (χ3n) is 8.35. The normalized spacial score (nSPS) is 21.2. The molecule has 3 aromatic heterocycles. The average Bonchev–Trinajstić information content (AvgIpc) is 3.28. The van der Waals surface area contributed by atoms with Crippen LogP contribution < -0.4 is 0 Å². The van der Waals surface area contributed by atoms with Crippen LogP contribution in [0.4, 0.5) is 8.78 Å². The third kappa shape index (κ3) is 4.02. The Hall–Kier alpha value is -3.73. The zero-order valence-electron chi connectivity index (χ0n) is 21.7. The van der Waals surface area contributed by atoms with Gasteiger partial charge in [0.15, 0.2) is 5.82 Å². The van der Waals surface area contributed by atoms with E-state index in [-0.39, 0.29) is 34.8 Å². The minimum atomic E-state index is -3.12. The zero-order valence-corrected chi connectivity index (χ0v) is 22.5. The van der Waals surface area contributed by atoms with Crippen molar-refractivity contribution in [1.82, 2.24) is 30.1 Å². The molecule has 0 spiro atoms. The monoisotopic (exact) mass is 548 g/mol. The van der Waals surface area contributed by atoms with Crippen molar-refractivity contribution >= 4 is 9.84 Å². The summed E-state index contributed by atoms with van der Waals surface area (Å²) >= 11 is 0. The van der Waals surface area contributed by atoms with Gasteiger partial charge >= 0.3 is 0 Å². The lowest BCUT2D eigenvalue weighted by atomic mass is 9.66. The quantitative estimate of drug-likeness (QED) is 0.347. The molecule has 1 fully saturated rings. The highest BCUT2D eigenvalue weighted by Gasteiger charge is 2.65. The molecule has 0 radical (unpaired) electrons. The van der Waals surface area contributed by atoms with E-state index in [9.17, 15) is 17.2 Å². The molecule has 1 aromatic carbocycles. The van der Waals surface area contributed by atoms with Crippen molar-refractivity contribution < 1.29 is 17.2 Å². The second-order valence-corrected chi connectivity index (χ2v) is 13.1. The number of nitrogens with zero attached hydrogens (tertiary/aromatic N) is 6. The Kier molecular flexibility index (Phi) is 5.83. The van der Waals surface area contributed by atoms with E-state index in [4.69, 9.17) is 4.98 Å². The molecule has 2 atom stereocenters. The minimum absolute atomic E-state index is 0.0250. The topological polar surface area (TPSA) is 111 Å². The van der Waals surface area contributed by atoms with Gasteiger partial charge in [0.2, 0.25) is 0 Å². The fourth-order valence-corrected chi connectivity index (χ4v) is 6.92. The van der Waals surface area contributed by atoms with E-state index in [0.717, 1.165) is 29.8 Å². The molecule has 39 heavy (non-hydrogen) atoms. The summed E-state index contributed by atoms with van der Waals surface area (Å²) in [7, 11) is -3.12. The molecule has 0 unspecified atom stereocenters. The zero-order chi connectivity index (χ0) is 27.6. The van der Waals surface area contributed by atoms with Gasteiger partial charge in [-0.05, 0) is 54.0 Å². The van der Waals surface area contributed by atoms with Crippen molar-refractivity contribution in [2.45, 2.75) is 44.4 Å². The van der Waals surface area contributed by atoms with Gasteiger partial charge in [-0.2, -0.15) is 5.10 Å². The molecule has 0 saturated heterocycles. The van der Waals surface area contributed by atoms with Crippen LogP contribution >= 0.6 is 0 Å². The van der Waals surface area contributed by atoms with Gasteiger partial charge in [0.05, 0.1) is 39.4 Å². The minimum Gasteiger partial charge on any atom is -0.241 e. The Morgan fingerprint density at radius 2 is 1.74 bits per heavy atom. The molecule has 4 aromatic rings. The van der Waals surface area contributed by atoms with Crippen molar-refractivity contribution in [3.05, 3.63) is 83.3 Å². The Bertz CT molecular complexity index is 1690. The van der Waals surface area contributed by atoms with E-state index >= 15 is 0 Å². The highest BCUT2D eigenvalue weighted by Crippen LogP contribution is 2.69. The summed E-state index contributed by atoms with van der Waals surface area (Å²) in [6.07, 6.45) is 7.98. The predicted octanol–water partition coefficient (Wildman–Crippen LogP) is 4.46. The van der Waals surface area contributed by atoms with Gasteiger partial charge in [0.1, 0.15) is 27.3 Å². The molecule has 2 aliphatic carbocycles. The Morgan fingerprint density at radius 3 is 2.44 bits per heavy atom. The SMILES string of the molecule is CC1(C)[C@H]2CC[C@]1(c1ccnc(-c3cnc(CCS(C)(=O)=O)nc3)n1)c1nnc(-c3c(F)cccc3F)cc12. The number of halogens is 2. The van der Waals surface area contributed by atoms with Crippen molar-refractivity contribution in [1.29, 1.82) is 0 Å². The lowest BCUT2D eigenvalue weighted by Crippen LogP contribution is -2.38. The number of benzene rings is 1. The van der Waals surface area contributed by atoms with E-state index in [1.807, 2.05) is 6.07 Å². The maximum atomic E-state index is 14.5. The standard InChI is InChI=1S/C28H26F2N6O2S/c1-27(2)18-7-10-28(27,25-17(18)13-21(35-36-25)24-19(29)5-4-6-20(24)30)22-8-11-31-26(34-22)16-14-32-23(33-15-16)9-12-39(3,37)38/h4-6,8,11,13-15,18H,7,9-10,12H2,1-3H3/t18-,28-/m0/s1. The number of fused-ring (bicyclic) bond motifs is 5. The summed E-state index contributed by atoms with van der Waals surface area (Å²) in [6, 6.07) is 7.43. The van der Waals surface area contributed by atoms with Crippen LogP contribution in [0.5, 0.6) is 0 Å². The summed E-state index contributed by atoms with van der Waals surface area (Å²) < 4.78 is 52.0. The van der Waals surface area contributed by atoms with Crippen molar-refractivity contribution in [3.8, 4) is 22.6 Å². The lowest BCUT2D eigenvalue weighted by Gasteiger charge is -2.37. The molecule has 11 heteroatoms. The maximum absolute atomic E-state index is 14.5. The van der Waals surface area contributed by atoms with E-state index in [1.165, 1.54) is 24.5 Å². The van der Waals surface area contributed by atoms with E-state index in [0.29, 0.717) is 17.2 Å². The molecule has 0 amide bonds. The molecule has 8 nitrogen and oxygen atoms in total. The first kappa shape index (κ1) is 25.5. The van der Waals surface area contributed by atoms with Crippen molar-refractivity contribution in [2.24, 2.45) is 5.41 Å². The van der Waals surface area contributed by atoms with Gasteiger partial charge in [-0.3, -0.25) is 0 Å². The summed E-state index contributed by atoms with van der Waals surface area (Å²) in [5.41, 5.74) is 2.29. The van der Waals surface area contributed by atoms with E-state index in [2.05, 4.69) is 39.0 Å². The number of rotatable bonds is 6. The summed E-state index contributed by atoms with van der Waals surface area (Å²) in [5, 5.41) is 8.87. The Balaban J connectivity index is 1.39. The largest absolute Gasteiger partial charge is 0.241 e. The molecule has 2 aliphatic rings. The fourth-order valence-electron chi connectivity index (χ4n) is 6.37. The molecule has 2 bridgehead atoms. The fraction of sp³-hybridized carbons (Fsp3) is 0.357. The van der Waals surface area contributed by atoms with Crippen LogP contribution in [0.2, 0.25) is 0 Å². The average molecular weight is 549 g/mol. The first-order valence-electron chi connectivity index (χ1n) is 12.7. The summed E-state index contributed by atoms with van der Waals surface area (Å²) in [5.74, 6) is -0.378. The smallest absolute Gasteiger partial charge is 0.162 e. The van der Waals surface area contributed by atoms with Gasteiger partial charge in [-0.15, -0.1) is 5.10 Å². The lowest BCUT2D eigenvalue weighted by molar-refractivity contribution is 0.243. The molecule has 1 saturated carbocycles. The number of aromatic nitrogens is 6. The molecule has 0 aliphatic heterocycles. The van der Waals surface area contributed by atoms with E-state index < -0.39 is 26.9 Å². The van der Waals surface area contributed by atoms with Crippen LogP contribution in [0.1, 0.15) is 55.4 Å². The first-order chi connectivity index (χ1) is 18.5. The second kappa shape index (κ2) is 8.90. The molecule has 200 valence electrons. The molecule has 0 N–H and O–H groups in total. The summed E-state index contributed by atoms with van der Waals surface area (Å²) in [6.45, 7) is 4.36. The molecular weight excluding hydrogens is 522 g/mol. The van der Waals surface area contributed by atoms with Crippen LogP contribution in [-0.4, -0.2) is 50.6 Å². The van der Waals surface area contributed by atoms with Gasteiger partial charge in [-0.25, -0.2) is 37.1 Å². The number of hydrogen-bond acceptors (Lipinski definition) is 8. The third-order valence-corrected chi connectivity index (χ3v) is 9.30. The number of aryl methyl sites for hydroxylation is 1. The Morgan fingerprint density at radius 1 is 1.03 bits per heavy atom. The van der Waals surface area contributed by atoms with Gasteiger partial charge in [-0.1, -0.05) is 19.9 Å². The van der Waals surface area contributed by atoms with Crippen LogP contribution in [0, 0.1) is 17.0 Å². The Labute approximate surface area is 224 Å². The second-order valence-electron chi connectivity index (χ2n) is 10.9. The highest BCUT2D eigenvalue weighted by molar-refractivity contribution is 7.90. The van der Waals surface area contributed by atoms with E-state index in [1.54, 1.807) is 24.7 Å². The van der Waals surface area contributed by atoms with Gasteiger partial charge < -0.3 is 0 Å². The van der Waals surface area contributed by atoms with Crippen molar-refractivity contribution in [3.63, 3.8) is 0 Å². The first-order valence-corrected chi connectivity index (χ1v) is 14.7. The molecular formula is C28H26F2N6O2S. The van der Waals surface area contributed by atoms with Crippen LogP contribution in [0.25, 0.3) is 22.6 Å².